The molecular formula is C13H19N3. The maximum atomic E-state index is 9.25. The topological polar surface area (TPSA) is 41.6 Å². The summed E-state index contributed by atoms with van der Waals surface area (Å²) < 4.78 is 2.08. The van der Waals surface area contributed by atoms with Crippen molar-refractivity contribution in [1.82, 2.24) is 9.78 Å². The summed E-state index contributed by atoms with van der Waals surface area (Å²) in [7, 11) is 0. The average molecular weight is 217 g/mol. The van der Waals surface area contributed by atoms with Crippen LogP contribution in [-0.2, 0) is 0 Å². The van der Waals surface area contributed by atoms with Gasteiger partial charge >= 0.3 is 0 Å². The van der Waals surface area contributed by atoms with E-state index in [2.05, 4.69) is 28.8 Å². The first-order valence-electron chi connectivity index (χ1n) is 6.14. The monoisotopic (exact) mass is 217 g/mol. The number of nitrogens with zero attached hydrogens (tertiary/aromatic N) is 3. The molecule has 0 aromatic carbocycles. The van der Waals surface area contributed by atoms with E-state index in [0.29, 0.717) is 6.04 Å². The predicted octanol–water partition coefficient (Wildman–Crippen LogP) is 3.14. The second kappa shape index (κ2) is 4.69. The molecule has 0 spiro atoms. The fourth-order valence-corrected chi connectivity index (χ4v) is 2.71. The fraction of sp³-hybridized carbons (Fsp3) is 0.692. The lowest BCUT2D eigenvalue weighted by molar-refractivity contribution is 0.337. The Kier molecular flexibility index (Phi) is 3.28. The summed E-state index contributed by atoms with van der Waals surface area (Å²) >= 11 is 0. The number of hydrogen-bond acceptors (Lipinski definition) is 2. The summed E-state index contributed by atoms with van der Waals surface area (Å²) in [5.41, 5.74) is 2.24. The summed E-state index contributed by atoms with van der Waals surface area (Å²) in [6.07, 6.45) is 5.79. The molecule has 1 heterocycles. The van der Waals surface area contributed by atoms with Crippen LogP contribution in [0.15, 0.2) is 6.07 Å². The summed E-state index contributed by atoms with van der Waals surface area (Å²) in [5, 5.41) is 13.8. The van der Waals surface area contributed by atoms with Crippen molar-refractivity contribution in [1.29, 1.82) is 5.26 Å². The lowest BCUT2D eigenvalue weighted by Gasteiger charge is -2.21. The molecule has 3 heteroatoms. The van der Waals surface area contributed by atoms with Crippen LogP contribution in [0, 0.1) is 31.1 Å². The summed E-state index contributed by atoms with van der Waals surface area (Å²) in [6, 6.07) is 4.86. The summed E-state index contributed by atoms with van der Waals surface area (Å²) in [5.74, 6) is 0.139. The molecule has 1 aromatic rings. The van der Waals surface area contributed by atoms with Crippen LogP contribution in [0.5, 0.6) is 0 Å². The van der Waals surface area contributed by atoms with Crippen LogP contribution in [0.3, 0.4) is 0 Å². The van der Waals surface area contributed by atoms with Crippen LogP contribution in [0.4, 0.5) is 0 Å². The normalized spacial score (nSPS) is 26.1. The third-order valence-electron chi connectivity index (χ3n) is 3.50. The van der Waals surface area contributed by atoms with E-state index in [1.807, 2.05) is 6.92 Å². The zero-order valence-corrected chi connectivity index (χ0v) is 10.1. The Morgan fingerprint density at radius 1 is 1.31 bits per heavy atom. The fourth-order valence-electron chi connectivity index (χ4n) is 2.71. The van der Waals surface area contributed by atoms with Crippen molar-refractivity contribution in [2.75, 3.05) is 0 Å². The van der Waals surface area contributed by atoms with E-state index in [1.54, 1.807) is 0 Å². The SMILES string of the molecule is Cc1cc(C)n(C2CCCCCC2C#N)n1. The van der Waals surface area contributed by atoms with Crippen LogP contribution in [0.25, 0.3) is 0 Å². The highest BCUT2D eigenvalue weighted by atomic mass is 15.3. The summed E-state index contributed by atoms with van der Waals surface area (Å²) in [4.78, 5) is 0. The molecule has 16 heavy (non-hydrogen) atoms. The van der Waals surface area contributed by atoms with Crippen LogP contribution >= 0.6 is 0 Å². The van der Waals surface area contributed by atoms with Crippen LogP contribution < -0.4 is 0 Å². The summed E-state index contributed by atoms with van der Waals surface area (Å²) in [6.45, 7) is 4.10. The molecule has 0 saturated heterocycles. The molecule has 0 bridgehead atoms. The quantitative estimate of drug-likeness (QED) is 0.678. The maximum absolute atomic E-state index is 9.25. The highest BCUT2D eigenvalue weighted by molar-refractivity contribution is 5.09. The number of hydrogen-bond donors (Lipinski definition) is 0. The van der Waals surface area contributed by atoms with Gasteiger partial charge in [0.1, 0.15) is 0 Å². The second-order valence-corrected chi connectivity index (χ2v) is 4.81. The van der Waals surface area contributed by atoms with Crippen LogP contribution in [0.2, 0.25) is 0 Å². The number of rotatable bonds is 1. The number of nitriles is 1. The molecule has 3 nitrogen and oxygen atoms in total. The molecule has 1 aliphatic rings. The van der Waals surface area contributed by atoms with Gasteiger partial charge in [0.05, 0.1) is 23.7 Å². The van der Waals surface area contributed by atoms with Crippen LogP contribution in [-0.4, -0.2) is 9.78 Å². The largest absolute Gasteiger partial charge is 0.265 e. The Bertz CT molecular complexity index is 400. The van der Waals surface area contributed by atoms with Crippen molar-refractivity contribution < 1.29 is 0 Å². The third kappa shape index (κ3) is 2.11. The first-order valence-corrected chi connectivity index (χ1v) is 6.14. The van der Waals surface area contributed by atoms with Gasteiger partial charge in [0, 0.05) is 5.69 Å². The van der Waals surface area contributed by atoms with Gasteiger partial charge in [-0.05, 0) is 32.8 Å². The van der Waals surface area contributed by atoms with Crippen molar-refractivity contribution in [3.05, 3.63) is 17.5 Å². The molecular weight excluding hydrogens is 198 g/mol. The van der Waals surface area contributed by atoms with Crippen molar-refractivity contribution in [2.24, 2.45) is 5.92 Å². The van der Waals surface area contributed by atoms with Gasteiger partial charge in [0.25, 0.3) is 0 Å². The Morgan fingerprint density at radius 3 is 2.69 bits per heavy atom. The molecule has 0 radical (unpaired) electrons. The zero-order valence-electron chi connectivity index (χ0n) is 10.1. The molecule has 0 aliphatic heterocycles. The second-order valence-electron chi connectivity index (χ2n) is 4.81. The van der Waals surface area contributed by atoms with Crippen molar-refractivity contribution >= 4 is 0 Å². The van der Waals surface area contributed by atoms with Gasteiger partial charge in [-0.2, -0.15) is 10.4 Å². The first-order chi connectivity index (χ1) is 7.72. The maximum Gasteiger partial charge on any atom is 0.0687 e. The van der Waals surface area contributed by atoms with Crippen LogP contribution in [0.1, 0.15) is 49.5 Å². The molecule has 0 N–H and O–H groups in total. The van der Waals surface area contributed by atoms with E-state index in [-0.39, 0.29) is 5.92 Å². The van der Waals surface area contributed by atoms with Crippen molar-refractivity contribution in [3.8, 4) is 6.07 Å². The molecule has 0 amide bonds. The third-order valence-corrected chi connectivity index (χ3v) is 3.50. The average Bonchev–Trinajstić information content (AvgIpc) is 2.51. The highest BCUT2D eigenvalue weighted by Crippen LogP contribution is 2.32. The molecule has 86 valence electrons. The smallest absolute Gasteiger partial charge is 0.0687 e. The van der Waals surface area contributed by atoms with Gasteiger partial charge in [-0.15, -0.1) is 0 Å². The van der Waals surface area contributed by atoms with Crippen molar-refractivity contribution in [2.45, 2.75) is 52.0 Å². The molecule has 2 atom stereocenters. The highest BCUT2D eigenvalue weighted by Gasteiger charge is 2.26. The zero-order chi connectivity index (χ0) is 11.5. The Hall–Kier alpha value is -1.30. The van der Waals surface area contributed by atoms with E-state index in [9.17, 15) is 5.26 Å². The standard InChI is InChI=1S/C13H19N3/c1-10-8-11(2)16(15-10)13-7-5-3-4-6-12(13)9-14/h8,12-13H,3-7H2,1-2H3. The molecule has 1 saturated carbocycles. The van der Waals surface area contributed by atoms with E-state index in [4.69, 9.17) is 0 Å². The Balaban J connectivity index is 2.29. The van der Waals surface area contributed by atoms with Gasteiger partial charge in [0.15, 0.2) is 0 Å². The molecule has 1 fully saturated rings. The van der Waals surface area contributed by atoms with E-state index >= 15 is 0 Å². The molecule has 1 aromatic heterocycles. The van der Waals surface area contributed by atoms with E-state index in [1.165, 1.54) is 25.0 Å². The predicted molar refractivity (Wildman–Crippen MR) is 62.9 cm³/mol. The minimum atomic E-state index is 0.139. The van der Waals surface area contributed by atoms with E-state index < -0.39 is 0 Å². The first kappa shape index (κ1) is 11.2. The molecule has 1 aliphatic carbocycles. The van der Waals surface area contributed by atoms with Gasteiger partial charge in [-0.3, -0.25) is 4.68 Å². The van der Waals surface area contributed by atoms with Crippen molar-refractivity contribution in [3.63, 3.8) is 0 Å². The van der Waals surface area contributed by atoms with Gasteiger partial charge in [-0.25, -0.2) is 0 Å². The minimum Gasteiger partial charge on any atom is -0.265 e. The minimum absolute atomic E-state index is 0.139. The Morgan fingerprint density at radius 2 is 2.06 bits per heavy atom. The Labute approximate surface area is 97.1 Å². The number of aromatic nitrogens is 2. The lowest BCUT2D eigenvalue weighted by atomic mass is 9.96. The van der Waals surface area contributed by atoms with Gasteiger partial charge in [0.2, 0.25) is 0 Å². The lowest BCUT2D eigenvalue weighted by Crippen LogP contribution is -2.19. The molecule has 2 unspecified atom stereocenters. The van der Waals surface area contributed by atoms with Gasteiger partial charge in [-0.1, -0.05) is 19.3 Å². The van der Waals surface area contributed by atoms with Gasteiger partial charge < -0.3 is 0 Å². The molecule has 2 rings (SSSR count). The number of aryl methyl sites for hydroxylation is 2. The van der Waals surface area contributed by atoms with E-state index in [0.717, 1.165) is 18.5 Å².